The van der Waals surface area contributed by atoms with E-state index in [0.29, 0.717) is 6.54 Å². The van der Waals surface area contributed by atoms with Crippen LogP contribution in [0.1, 0.15) is 39.0 Å². The van der Waals surface area contributed by atoms with Gasteiger partial charge >= 0.3 is 0 Å². The number of nitrogens with zero attached hydrogens (tertiary/aromatic N) is 2. The summed E-state index contributed by atoms with van der Waals surface area (Å²) in [5, 5.41) is 16.9. The van der Waals surface area contributed by atoms with Crippen LogP contribution in [-0.4, -0.2) is 27.5 Å². The quantitative estimate of drug-likeness (QED) is 0.809. The Morgan fingerprint density at radius 1 is 1.50 bits per heavy atom. The molecule has 92 valence electrons. The van der Waals surface area contributed by atoms with Crippen LogP contribution < -0.4 is 5.32 Å². The van der Waals surface area contributed by atoms with Gasteiger partial charge in [-0.15, -0.1) is 0 Å². The average Bonchev–Trinajstić information content (AvgIpc) is 2.45. The van der Waals surface area contributed by atoms with E-state index in [4.69, 9.17) is 0 Å². The fourth-order valence-electron chi connectivity index (χ4n) is 1.71. The number of aromatic nitrogens is 2. The van der Waals surface area contributed by atoms with E-state index in [0.717, 1.165) is 12.2 Å². The van der Waals surface area contributed by atoms with Gasteiger partial charge < -0.3 is 10.4 Å². The molecule has 1 aromatic rings. The van der Waals surface area contributed by atoms with Crippen LogP contribution in [0.4, 0.5) is 0 Å². The lowest BCUT2D eigenvalue weighted by molar-refractivity contribution is 0.191. The van der Waals surface area contributed by atoms with Gasteiger partial charge in [0.15, 0.2) is 0 Å². The molecule has 0 aromatic carbocycles. The highest BCUT2D eigenvalue weighted by atomic mass is 16.3. The van der Waals surface area contributed by atoms with Crippen LogP contribution in [0, 0.1) is 0 Å². The average molecular weight is 225 g/mol. The first-order chi connectivity index (χ1) is 7.30. The number of hydrogen-bond donors (Lipinski definition) is 2. The van der Waals surface area contributed by atoms with Gasteiger partial charge in [-0.1, -0.05) is 20.8 Å². The van der Waals surface area contributed by atoms with Crippen LogP contribution in [0.2, 0.25) is 0 Å². The van der Waals surface area contributed by atoms with E-state index in [1.54, 1.807) is 6.92 Å². The Balaban J connectivity index is 2.72. The van der Waals surface area contributed by atoms with Crippen LogP contribution in [0.25, 0.3) is 0 Å². The number of aliphatic hydroxyl groups excluding tert-OH is 1. The lowest BCUT2D eigenvalue weighted by Crippen LogP contribution is -2.25. The minimum absolute atomic E-state index is 0.0586. The van der Waals surface area contributed by atoms with Crippen molar-refractivity contribution in [1.82, 2.24) is 15.1 Å². The molecule has 1 unspecified atom stereocenters. The smallest absolute Gasteiger partial charge is 0.0722 e. The number of rotatable bonds is 4. The topological polar surface area (TPSA) is 50.1 Å². The van der Waals surface area contributed by atoms with Crippen molar-refractivity contribution in [1.29, 1.82) is 0 Å². The molecule has 1 atom stereocenters. The first-order valence-corrected chi connectivity index (χ1v) is 5.72. The third-order valence-electron chi connectivity index (χ3n) is 2.37. The first kappa shape index (κ1) is 13.2. The molecule has 1 aromatic heterocycles. The molecule has 2 N–H and O–H groups in total. The van der Waals surface area contributed by atoms with Crippen LogP contribution in [0.5, 0.6) is 0 Å². The molecule has 0 aliphatic carbocycles. The predicted molar refractivity (Wildman–Crippen MR) is 65.3 cm³/mol. The van der Waals surface area contributed by atoms with Gasteiger partial charge in [-0.25, -0.2) is 0 Å². The summed E-state index contributed by atoms with van der Waals surface area (Å²) < 4.78 is 1.85. The largest absolute Gasteiger partial charge is 0.392 e. The lowest BCUT2D eigenvalue weighted by Gasteiger charge is -2.17. The van der Waals surface area contributed by atoms with Crippen molar-refractivity contribution in [2.45, 2.75) is 45.8 Å². The molecule has 4 nitrogen and oxygen atoms in total. The highest BCUT2D eigenvalue weighted by Crippen LogP contribution is 2.23. The maximum atomic E-state index is 9.18. The van der Waals surface area contributed by atoms with Gasteiger partial charge in [0.05, 0.1) is 11.8 Å². The summed E-state index contributed by atoms with van der Waals surface area (Å²) in [5.41, 5.74) is 2.38. The summed E-state index contributed by atoms with van der Waals surface area (Å²) in [5.74, 6) is 0. The van der Waals surface area contributed by atoms with Crippen molar-refractivity contribution in [2.24, 2.45) is 7.05 Å². The zero-order valence-electron chi connectivity index (χ0n) is 10.9. The predicted octanol–water partition coefficient (Wildman–Crippen LogP) is 1.19. The van der Waals surface area contributed by atoms with E-state index < -0.39 is 0 Å². The normalized spacial score (nSPS) is 14.1. The van der Waals surface area contributed by atoms with E-state index in [2.05, 4.69) is 31.2 Å². The maximum absolute atomic E-state index is 9.18. The highest BCUT2D eigenvalue weighted by Gasteiger charge is 2.21. The third-order valence-corrected chi connectivity index (χ3v) is 2.37. The monoisotopic (exact) mass is 225 g/mol. The molecule has 1 rings (SSSR count). The molecular formula is C12H23N3O. The Hall–Kier alpha value is -0.870. The Morgan fingerprint density at radius 2 is 2.12 bits per heavy atom. The summed E-state index contributed by atoms with van der Waals surface area (Å²) in [6.07, 6.45) is 1.73. The van der Waals surface area contributed by atoms with Crippen LogP contribution in [-0.2, 0) is 19.0 Å². The second kappa shape index (κ2) is 4.97. The summed E-state index contributed by atoms with van der Waals surface area (Å²) >= 11 is 0. The molecule has 0 bridgehead atoms. The van der Waals surface area contributed by atoms with Gasteiger partial charge in [0.25, 0.3) is 0 Å². The second-order valence-electron chi connectivity index (χ2n) is 5.41. The van der Waals surface area contributed by atoms with Crippen molar-refractivity contribution >= 4 is 0 Å². The SMILES string of the molecule is CC(O)CNCc1cn(C)nc1C(C)(C)C. The van der Waals surface area contributed by atoms with Crippen molar-refractivity contribution < 1.29 is 5.11 Å². The van der Waals surface area contributed by atoms with Crippen molar-refractivity contribution in [3.8, 4) is 0 Å². The number of nitrogens with one attached hydrogen (secondary N) is 1. The summed E-state index contributed by atoms with van der Waals surface area (Å²) in [4.78, 5) is 0. The molecule has 0 aliphatic heterocycles. The van der Waals surface area contributed by atoms with Crippen molar-refractivity contribution in [3.05, 3.63) is 17.5 Å². The summed E-state index contributed by atoms with van der Waals surface area (Å²) in [6, 6.07) is 0. The fraction of sp³-hybridized carbons (Fsp3) is 0.750. The molecule has 1 heterocycles. The zero-order valence-corrected chi connectivity index (χ0v) is 10.9. The molecule has 0 spiro atoms. The molecule has 0 aliphatic rings. The number of aryl methyl sites for hydroxylation is 1. The van der Waals surface area contributed by atoms with Gasteiger partial charge in [0.2, 0.25) is 0 Å². The van der Waals surface area contributed by atoms with Gasteiger partial charge in [-0.05, 0) is 6.92 Å². The molecule has 0 amide bonds. The van der Waals surface area contributed by atoms with Crippen molar-refractivity contribution in [3.63, 3.8) is 0 Å². The highest BCUT2D eigenvalue weighted by molar-refractivity contribution is 5.23. The van der Waals surface area contributed by atoms with Gasteiger partial charge in [-0.3, -0.25) is 4.68 Å². The van der Waals surface area contributed by atoms with Crippen molar-refractivity contribution in [2.75, 3.05) is 6.54 Å². The summed E-state index contributed by atoms with van der Waals surface area (Å²) in [7, 11) is 1.94. The van der Waals surface area contributed by atoms with Crippen LogP contribution in [0.15, 0.2) is 6.20 Å². The Kier molecular flexibility index (Phi) is 4.10. The van der Waals surface area contributed by atoms with E-state index in [9.17, 15) is 5.11 Å². The van der Waals surface area contributed by atoms with Gasteiger partial charge in [-0.2, -0.15) is 5.10 Å². The summed E-state index contributed by atoms with van der Waals surface area (Å²) in [6.45, 7) is 9.62. The van der Waals surface area contributed by atoms with E-state index >= 15 is 0 Å². The Labute approximate surface area is 97.7 Å². The molecule has 0 fully saturated rings. The first-order valence-electron chi connectivity index (χ1n) is 5.72. The van der Waals surface area contributed by atoms with Gasteiger partial charge in [0.1, 0.15) is 0 Å². The van der Waals surface area contributed by atoms with Crippen LogP contribution in [0.3, 0.4) is 0 Å². The second-order valence-corrected chi connectivity index (χ2v) is 5.41. The van der Waals surface area contributed by atoms with E-state index in [1.807, 2.05) is 17.9 Å². The van der Waals surface area contributed by atoms with E-state index in [1.165, 1.54) is 5.56 Å². The molecular weight excluding hydrogens is 202 g/mol. The molecule has 0 saturated carbocycles. The Bertz CT molecular complexity index is 337. The molecule has 0 radical (unpaired) electrons. The van der Waals surface area contributed by atoms with E-state index in [-0.39, 0.29) is 11.5 Å². The van der Waals surface area contributed by atoms with Crippen LogP contribution >= 0.6 is 0 Å². The molecule has 4 heteroatoms. The van der Waals surface area contributed by atoms with Gasteiger partial charge in [0, 0.05) is 37.3 Å². The Morgan fingerprint density at radius 3 is 2.62 bits per heavy atom. The molecule has 0 saturated heterocycles. The fourth-order valence-corrected chi connectivity index (χ4v) is 1.71. The minimum Gasteiger partial charge on any atom is -0.392 e. The maximum Gasteiger partial charge on any atom is 0.0722 e. The lowest BCUT2D eigenvalue weighted by atomic mass is 9.89. The minimum atomic E-state index is -0.310. The third kappa shape index (κ3) is 3.61. The standard InChI is InChI=1S/C12H23N3O/c1-9(16)6-13-7-10-8-15(5)14-11(10)12(2,3)4/h8-9,13,16H,6-7H2,1-5H3. The molecule has 16 heavy (non-hydrogen) atoms. The number of hydrogen-bond acceptors (Lipinski definition) is 3. The number of aliphatic hydroxyl groups is 1. The zero-order chi connectivity index (χ0) is 12.3.